The van der Waals surface area contributed by atoms with Gasteiger partial charge in [0.2, 0.25) is 0 Å². The van der Waals surface area contributed by atoms with Crippen LogP contribution in [-0.2, 0) is 6.42 Å². The highest BCUT2D eigenvalue weighted by molar-refractivity contribution is 9.10. The van der Waals surface area contributed by atoms with E-state index >= 15 is 0 Å². The number of aryl methyl sites for hydroxylation is 1. The molecule has 2 aromatic carbocycles. The van der Waals surface area contributed by atoms with Crippen LogP contribution in [0.4, 0.5) is 8.78 Å². The summed E-state index contributed by atoms with van der Waals surface area (Å²) in [7, 11) is 0. The maximum Gasteiger partial charge on any atom is 0.124 e. The Morgan fingerprint density at radius 3 is 2.52 bits per heavy atom. The Morgan fingerprint density at radius 1 is 1.10 bits per heavy atom. The molecule has 1 N–H and O–H groups in total. The minimum atomic E-state index is -0.279. The third kappa shape index (κ3) is 4.35. The van der Waals surface area contributed by atoms with Gasteiger partial charge in [-0.05, 0) is 66.9 Å². The highest BCUT2D eigenvalue weighted by Gasteiger charge is 2.14. The molecule has 0 heterocycles. The van der Waals surface area contributed by atoms with Crippen LogP contribution in [0.15, 0.2) is 40.9 Å². The molecule has 0 fully saturated rings. The normalized spacial score (nSPS) is 12.4. The van der Waals surface area contributed by atoms with Crippen LogP contribution < -0.4 is 5.32 Å². The van der Waals surface area contributed by atoms with Gasteiger partial charge in [0.25, 0.3) is 0 Å². The summed E-state index contributed by atoms with van der Waals surface area (Å²) in [6.07, 6.45) is 0.618. The van der Waals surface area contributed by atoms with Gasteiger partial charge in [-0.1, -0.05) is 28.9 Å². The van der Waals surface area contributed by atoms with Crippen LogP contribution >= 0.6 is 15.9 Å². The summed E-state index contributed by atoms with van der Waals surface area (Å²) in [4.78, 5) is 0. The summed E-state index contributed by atoms with van der Waals surface area (Å²) in [5.41, 5.74) is 2.82. The van der Waals surface area contributed by atoms with Crippen LogP contribution in [0.3, 0.4) is 0 Å². The molecule has 0 aliphatic carbocycles. The Kier molecular flexibility index (Phi) is 5.48. The molecule has 1 atom stereocenters. The first kappa shape index (κ1) is 16.1. The Bertz CT molecular complexity index is 608. The molecule has 0 spiro atoms. The summed E-state index contributed by atoms with van der Waals surface area (Å²) in [6, 6.07) is 9.57. The second-order valence-corrected chi connectivity index (χ2v) is 6.00. The summed E-state index contributed by atoms with van der Waals surface area (Å²) >= 11 is 3.32. The Hall–Kier alpha value is -1.26. The first-order chi connectivity index (χ1) is 9.99. The fourth-order valence-corrected chi connectivity index (χ4v) is 2.89. The van der Waals surface area contributed by atoms with Crippen LogP contribution in [0.2, 0.25) is 0 Å². The molecule has 0 saturated carbocycles. The highest BCUT2D eigenvalue weighted by Crippen LogP contribution is 2.25. The monoisotopic (exact) mass is 353 g/mol. The molecular formula is C17H18BrF2N. The molecule has 0 aromatic heterocycles. The number of likely N-dealkylation sites (N-methyl/N-ethyl adjacent to an activating group) is 1. The Morgan fingerprint density at radius 2 is 1.86 bits per heavy atom. The molecule has 0 aliphatic heterocycles. The summed E-state index contributed by atoms with van der Waals surface area (Å²) in [5.74, 6) is -0.524. The Labute approximate surface area is 132 Å². The lowest BCUT2D eigenvalue weighted by atomic mass is 9.96. The van der Waals surface area contributed by atoms with Crippen molar-refractivity contribution in [1.29, 1.82) is 0 Å². The van der Waals surface area contributed by atoms with E-state index in [0.717, 1.165) is 23.2 Å². The zero-order chi connectivity index (χ0) is 15.4. The molecule has 2 rings (SSSR count). The van der Waals surface area contributed by atoms with Crippen molar-refractivity contribution in [3.8, 4) is 0 Å². The van der Waals surface area contributed by atoms with E-state index in [0.29, 0.717) is 10.9 Å². The zero-order valence-electron chi connectivity index (χ0n) is 12.1. The first-order valence-corrected chi connectivity index (χ1v) is 7.73. The molecule has 21 heavy (non-hydrogen) atoms. The molecule has 1 nitrogen and oxygen atoms in total. The SMILES string of the molecule is CCNC(Cc1cc(F)ccc1C)c1cc(F)cc(Br)c1. The number of benzene rings is 2. The van der Waals surface area contributed by atoms with E-state index in [1.54, 1.807) is 12.1 Å². The van der Waals surface area contributed by atoms with E-state index in [9.17, 15) is 8.78 Å². The molecule has 0 amide bonds. The number of halogens is 3. The zero-order valence-corrected chi connectivity index (χ0v) is 13.7. The number of nitrogens with one attached hydrogen (secondary N) is 1. The number of rotatable bonds is 5. The Balaban J connectivity index is 2.32. The summed E-state index contributed by atoms with van der Waals surface area (Å²) in [5, 5.41) is 3.34. The lowest BCUT2D eigenvalue weighted by Crippen LogP contribution is -2.23. The van der Waals surface area contributed by atoms with Gasteiger partial charge >= 0.3 is 0 Å². The van der Waals surface area contributed by atoms with Gasteiger partial charge in [0, 0.05) is 10.5 Å². The average Bonchev–Trinajstić information content (AvgIpc) is 2.41. The molecule has 0 radical (unpaired) electrons. The molecule has 2 aromatic rings. The van der Waals surface area contributed by atoms with E-state index in [4.69, 9.17) is 0 Å². The lowest BCUT2D eigenvalue weighted by molar-refractivity contribution is 0.538. The lowest BCUT2D eigenvalue weighted by Gasteiger charge is -2.20. The molecule has 4 heteroatoms. The van der Waals surface area contributed by atoms with Crippen molar-refractivity contribution in [1.82, 2.24) is 5.32 Å². The van der Waals surface area contributed by atoms with E-state index in [1.807, 2.05) is 19.9 Å². The molecule has 0 aliphatic rings. The number of hydrogen-bond donors (Lipinski definition) is 1. The first-order valence-electron chi connectivity index (χ1n) is 6.94. The van der Waals surface area contributed by atoms with Gasteiger partial charge in [0.15, 0.2) is 0 Å². The standard InChI is InChI=1S/C17H18BrF2N/c1-3-21-17(13-6-14(18)10-16(20)8-13)9-12-7-15(19)5-4-11(12)2/h4-8,10,17,21H,3,9H2,1-2H3. The van der Waals surface area contributed by atoms with Crippen LogP contribution in [0.1, 0.15) is 29.7 Å². The van der Waals surface area contributed by atoms with Crippen LogP contribution in [0.25, 0.3) is 0 Å². The number of hydrogen-bond acceptors (Lipinski definition) is 1. The molecule has 1 unspecified atom stereocenters. The third-order valence-corrected chi connectivity index (χ3v) is 3.93. The van der Waals surface area contributed by atoms with Crippen molar-refractivity contribution in [3.05, 3.63) is 69.2 Å². The van der Waals surface area contributed by atoms with Gasteiger partial charge in [-0.15, -0.1) is 0 Å². The quantitative estimate of drug-likeness (QED) is 0.803. The van der Waals surface area contributed by atoms with Gasteiger partial charge in [0.05, 0.1) is 0 Å². The average molecular weight is 354 g/mol. The summed E-state index contributed by atoms with van der Waals surface area (Å²) in [6.45, 7) is 4.71. The second kappa shape index (κ2) is 7.14. The molecule has 0 saturated heterocycles. The van der Waals surface area contributed by atoms with Crippen molar-refractivity contribution in [2.45, 2.75) is 26.3 Å². The van der Waals surface area contributed by atoms with Crippen LogP contribution in [0, 0.1) is 18.6 Å². The minimum Gasteiger partial charge on any atom is -0.310 e. The van der Waals surface area contributed by atoms with Crippen LogP contribution in [-0.4, -0.2) is 6.54 Å². The van der Waals surface area contributed by atoms with Crippen molar-refractivity contribution in [2.75, 3.05) is 6.54 Å². The predicted octanol–water partition coefficient (Wildman–Crippen LogP) is 4.93. The molecular weight excluding hydrogens is 336 g/mol. The summed E-state index contributed by atoms with van der Waals surface area (Å²) < 4.78 is 27.7. The van der Waals surface area contributed by atoms with Crippen molar-refractivity contribution < 1.29 is 8.78 Å². The topological polar surface area (TPSA) is 12.0 Å². The van der Waals surface area contributed by atoms with Gasteiger partial charge in [0.1, 0.15) is 11.6 Å². The molecule has 112 valence electrons. The van der Waals surface area contributed by atoms with Gasteiger partial charge in [-0.2, -0.15) is 0 Å². The van der Waals surface area contributed by atoms with E-state index in [2.05, 4.69) is 21.2 Å². The van der Waals surface area contributed by atoms with Gasteiger partial charge < -0.3 is 5.32 Å². The van der Waals surface area contributed by atoms with Crippen LogP contribution in [0.5, 0.6) is 0 Å². The predicted molar refractivity (Wildman–Crippen MR) is 85.4 cm³/mol. The smallest absolute Gasteiger partial charge is 0.124 e. The van der Waals surface area contributed by atoms with Crippen molar-refractivity contribution >= 4 is 15.9 Å². The van der Waals surface area contributed by atoms with Crippen molar-refractivity contribution in [3.63, 3.8) is 0 Å². The van der Waals surface area contributed by atoms with E-state index < -0.39 is 0 Å². The molecule has 0 bridgehead atoms. The van der Waals surface area contributed by atoms with E-state index in [1.165, 1.54) is 18.2 Å². The largest absolute Gasteiger partial charge is 0.310 e. The van der Waals surface area contributed by atoms with Gasteiger partial charge in [-0.3, -0.25) is 0 Å². The fourth-order valence-electron chi connectivity index (χ4n) is 2.41. The maximum absolute atomic E-state index is 13.6. The fraction of sp³-hybridized carbons (Fsp3) is 0.294. The van der Waals surface area contributed by atoms with Crippen molar-refractivity contribution in [2.24, 2.45) is 0 Å². The maximum atomic E-state index is 13.6. The minimum absolute atomic E-state index is 0.0532. The third-order valence-electron chi connectivity index (χ3n) is 3.47. The highest BCUT2D eigenvalue weighted by atomic mass is 79.9. The van der Waals surface area contributed by atoms with E-state index in [-0.39, 0.29) is 17.7 Å². The van der Waals surface area contributed by atoms with Gasteiger partial charge in [-0.25, -0.2) is 8.78 Å². The second-order valence-electron chi connectivity index (χ2n) is 5.09.